The van der Waals surface area contributed by atoms with E-state index in [1.165, 1.54) is 0 Å². The summed E-state index contributed by atoms with van der Waals surface area (Å²) in [4.78, 5) is 19.9. The van der Waals surface area contributed by atoms with E-state index in [0.717, 1.165) is 11.1 Å². The number of nitrogens with two attached hydrogens (primary N) is 1. The zero-order chi connectivity index (χ0) is 12.3. The lowest BCUT2D eigenvalue weighted by Crippen LogP contribution is -2.08. The fourth-order valence-corrected chi connectivity index (χ4v) is 1.58. The molecule has 0 saturated carbocycles. The summed E-state index contributed by atoms with van der Waals surface area (Å²) < 4.78 is 0. The minimum atomic E-state index is -0.0232. The van der Waals surface area contributed by atoms with E-state index >= 15 is 0 Å². The molecule has 0 bridgehead atoms. The van der Waals surface area contributed by atoms with Gasteiger partial charge in [0, 0.05) is 25.0 Å². The first-order valence-electron chi connectivity index (χ1n) is 5.31. The Morgan fingerprint density at radius 1 is 1.35 bits per heavy atom. The number of hydrogen-bond donors (Lipinski definition) is 1. The van der Waals surface area contributed by atoms with E-state index < -0.39 is 0 Å². The number of carbonyl (C=O) groups excluding carboxylic acids is 1. The van der Waals surface area contributed by atoms with Crippen LogP contribution >= 0.6 is 0 Å². The van der Waals surface area contributed by atoms with Gasteiger partial charge in [0.15, 0.2) is 5.78 Å². The highest BCUT2D eigenvalue weighted by atomic mass is 16.1. The van der Waals surface area contributed by atoms with Gasteiger partial charge in [0.25, 0.3) is 0 Å². The molecule has 4 nitrogen and oxygen atoms in total. The highest BCUT2D eigenvalue weighted by molar-refractivity contribution is 6.01. The molecule has 17 heavy (non-hydrogen) atoms. The second-order valence-corrected chi connectivity index (χ2v) is 3.90. The molecule has 0 aliphatic heterocycles. The molecule has 2 aromatic rings. The van der Waals surface area contributed by atoms with Gasteiger partial charge in [-0.25, -0.2) is 4.98 Å². The molecule has 0 aliphatic carbocycles. The second-order valence-electron chi connectivity index (χ2n) is 3.90. The average Bonchev–Trinajstić information content (AvgIpc) is 2.33. The Morgan fingerprint density at radius 2 is 2.06 bits per heavy atom. The van der Waals surface area contributed by atoms with Crippen LogP contribution in [0.1, 0.15) is 21.5 Å². The van der Waals surface area contributed by atoms with E-state index in [4.69, 9.17) is 5.73 Å². The van der Waals surface area contributed by atoms with Crippen LogP contribution in [-0.4, -0.2) is 15.8 Å². The molecule has 0 aromatic carbocycles. The Morgan fingerprint density at radius 3 is 2.76 bits per heavy atom. The molecular formula is C13H13N3O. The molecular weight excluding hydrogens is 214 g/mol. The number of carbonyl (C=O) groups is 1. The maximum atomic E-state index is 12.0. The molecule has 2 aromatic heterocycles. The monoisotopic (exact) mass is 227 g/mol. The highest BCUT2D eigenvalue weighted by Crippen LogP contribution is 2.13. The number of nitrogen functional groups attached to an aromatic ring is 1. The predicted octanol–water partition coefficient (Wildman–Crippen LogP) is 1.79. The summed E-state index contributed by atoms with van der Waals surface area (Å²) in [5.74, 6) is 0.263. The van der Waals surface area contributed by atoms with Crippen molar-refractivity contribution in [2.45, 2.75) is 13.3 Å². The van der Waals surface area contributed by atoms with E-state index in [0.29, 0.717) is 12.0 Å². The van der Waals surface area contributed by atoms with Crippen molar-refractivity contribution in [2.75, 3.05) is 5.73 Å². The van der Waals surface area contributed by atoms with Crippen molar-refractivity contribution in [1.82, 2.24) is 9.97 Å². The molecule has 2 rings (SSSR count). The topological polar surface area (TPSA) is 68.9 Å². The number of ketones is 1. The van der Waals surface area contributed by atoms with Gasteiger partial charge in [-0.15, -0.1) is 0 Å². The number of aromatic nitrogens is 2. The lowest BCUT2D eigenvalue weighted by Gasteiger charge is -2.05. The van der Waals surface area contributed by atoms with Gasteiger partial charge in [-0.05, 0) is 36.2 Å². The third kappa shape index (κ3) is 2.66. The number of pyridine rings is 2. The fraction of sp³-hybridized carbons (Fsp3) is 0.154. The summed E-state index contributed by atoms with van der Waals surface area (Å²) in [7, 11) is 0. The predicted molar refractivity (Wildman–Crippen MR) is 65.7 cm³/mol. The molecule has 86 valence electrons. The van der Waals surface area contributed by atoms with Gasteiger partial charge in [-0.2, -0.15) is 0 Å². The molecule has 0 amide bonds. The summed E-state index contributed by atoms with van der Waals surface area (Å²) in [5, 5.41) is 0. The SMILES string of the molecule is Cc1cnc(N)c(C(=O)Cc2ccncc2)c1. The van der Waals surface area contributed by atoms with Gasteiger partial charge in [0.1, 0.15) is 5.82 Å². The van der Waals surface area contributed by atoms with Crippen molar-refractivity contribution in [2.24, 2.45) is 0 Å². The molecule has 0 fully saturated rings. The molecule has 0 radical (unpaired) electrons. The summed E-state index contributed by atoms with van der Waals surface area (Å²) >= 11 is 0. The maximum absolute atomic E-state index is 12.0. The second kappa shape index (κ2) is 4.74. The first-order valence-corrected chi connectivity index (χ1v) is 5.31. The number of hydrogen-bond acceptors (Lipinski definition) is 4. The quantitative estimate of drug-likeness (QED) is 0.812. The molecule has 2 N–H and O–H groups in total. The summed E-state index contributed by atoms with van der Waals surface area (Å²) in [6, 6.07) is 5.40. The standard InChI is InChI=1S/C13H13N3O/c1-9-6-11(13(14)16-8-9)12(17)7-10-2-4-15-5-3-10/h2-6,8H,7H2,1H3,(H2,14,16). The fourth-order valence-electron chi connectivity index (χ4n) is 1.58. The first kappa shape index (κ1) is 11.3. The largest absolute Gasteiger partial charge is 0.383 e. The van der Waals surface area contributed by atoms with E-state index in [2.05, 4.69) is 9.97 Å². The van der Waals surface area contributed by atoms with Crippen LogP contribution in [0.4, 0.5) is 5.82 Å². The van der Waals surface area contributed by atoms with Crippen LogP contribution in [0.2, 0.25) is 0 Å². The van der Waals surface area contributed by atoms with Crippen molar-refractivity contribution < 1.29 is 4.79 Å². The zero-order valence-corrected chi connectivity index (χ0v) is 9.55. The molecule has 0 unspecified atom stereocenters. The van der Waals surface area contributed by atoms with Gasteiger partial charge < -0.3 is 5.73 Å². The van der Waals surface area contributed by atoms with E-state index in [-0.39, 0.29) is 11.6 Å². The normalized spacial score (nSPS) is 10.2. The van der Waals surface area contributed by atoms with Crippen LogP contribution < -0.4 is 5.73 Å². The van der Waals surface area contributed by atoms with Crippen molar-refractivity contribution in [3.63, 3.8) is 0 Å². The third-order valence-electron chi connectivity index (χ3n) is 2.47. The van der Waals surface area contributed by atoms with Crippen molar-refractivity contribution in [1.29, 1.82) is 0 Å². The number of nitrogens with zero attached hydrogens (tertiary/aromatic N) is 2. The number of aryl methyl sites for hydroxylation is 1. The van der Waals surface area contributed by atoms with Gasteiger partial charge in [0.05, 0.1) is 5.56 Å². The summed E-state index contributed by atoms with van der Waals surface area (Å²) in [6.07, 6.45) is 5.30. The van der Waals surface area contributed by atoms with Crippen LogP contribution in [0.5, 0.6) is 0 Å². The molecule has 0 saturated heterocycles. The van der Waals surface area contributed by atoms with Crippen LogP contribution in [-0.2, 0) is 6.42 Å². The molecule has 4 heteroatoms. The number of rotatable bonds is 3. The smallest absolute Gasteiger partial charge is 0.170 e. The average molecular weight is 227 g/mol. The minimum absolute atomic E-state index is 0.0232. The zero-order valence-electron chi connectivity index (χ0n) is 9.55. The van der Waals surface area contributed by atoms with Crippen molar-refractivity contribution in [3.8, 4) is 0 Å². The van der Waals surface area contributed by atoms with Gasteiger partial charge >= 0.3 is 0 Å². The maximum Gasteiger partial charge on any atom is 0.170 e. The van der Waals surface area contributed by atoms with E-state index in [1.54, 1.807) is 24.7 Å². The lowest BCUT2D eigenvalue weighted by molar-refractivity contribution is 0.0993. The number of anilines is 1. The van der Waals surface area contributed by atoms with Gasteiger partial charge in [0.2, 0.25) is 0 Å². The van der Waals surface area contributed by atoms with Crippen LogP contribution in [0.25, 0.3) is 0 Å². The van der Waals surface area contributed by atoms with Gasteiger partial charge in [-0.1, -0.05) is 0 Å². The van der Waals surface area contributed by atoms with Crippen molar-refractivity contribution >= 4 is 11.6 Å². The van der Waals surface area contributed by atoms with E-state index in [1.807, 2.05) is 19.1 Å². The Labute approximate surface area is 99.5 Å². The van der Waals surface area contributed by atoms with Crippen LogP contribution in [0, 0.1) is 6.92 Å². The molecule has 2 heterocycles. The van der Waals surface area contributed by atoms with Crippen molar-refractivity contribution in [3.05, 3.63) is 53.5 Å². The Balaban J connectivity index is 2.23. The summed E-state index contributed by atoms with van der Waals surface area (Å²) in [5.41, 5.74) is 8.04. The minimum Gasteiger partial charge on any atom is -0.383 e. The first-order chi connectivity index (χ1) is 8.16. The Hall–Kier alpha value is -2.23. The molecule has 0 aliphatic rings. The molecule has 0 spiro atoms. The highest BCUT2D eigenvalue weighted by Gasteiger charge is 2.11. The van der Waals surface area contributed by atoms with E-state index in [9.17, 15) is 4.79 Å². The Bertz CT molecular complexity index is 538. The lowest BCUT2D eigenvalue weighted by atomic mass is 10.0. The Kier molecular flexibility index (Phi) is 3.14. The van der Waals surface area contributed by atoms with Gasteiger partial charge in [-0.3, -0.25) is 9.78 Å². The molecule has 0 atom stereocenters. The third-order valence-corrected chi connectivity index (χ3v) is 2.47. The number of Topliss-reactive ketones (excluding diaryl/α,β-unsaturated/α-hetero) is 1. The summed E-state index contributed by atoms with van der Waals surface area (Å²) in [6.45, 7) is 1.88. The van der Waals surface area contributed by atoms with Crippen LogP contribution in [0.3, 0.4) is 0 Å². The van der Waals surface area contributed by atoms with Crippen LogP contribution in [0.15, 0.2) is 36.8 Å².